The minimum atomic E-state index is -0.468. The van der Waals surface area contributed by atoms with Gasteiger partial charge in [-0.25, -0.2) is 9.78 Å². The number of carbonyl (C=O) groups excluding carboxylic acids is 1. The minimum absolute atomic E-state index is 0.0850. The van der Waals surface area contributed by atoms with E-state index in [0.717, 1.165) is 10.7 Å². The number of carbonyl (C=O) groups is 1. The third-order valence-corrected chi connectivity index (χ3v) is 4.29. The summed E-state index contributed by atoms with van der Waals surface area (Å²) in [6, 6.07) is 10.5. The number of methoxy groups -OCH3 is 2. The maximum Gasteiger partial charge on any atom is 0.338 e. The highest BCUT2D eigenvalue weighted by Crippen LogP contribution is 2.24. The molecule has 0 radical (unpaired) electrons. The summed E-state index contributed by atoms with van der Waals surface area (Å²) in [6.07, 6.45) is 1.71. The topological polar surface area (TPSA) is 70.5 Å². The molecule has 2 heterocycles. The predicted molar refractivity (Wildman–Crippen MR) is 94.0 cm³/mol. The van der Waals surface area contributed by atoms with Crippen LogP contribution in [0.25, 0.3) is 10.7 Å². The number of nitrogens with zero attached hydrogens (tertiary/aromatic N) is 2. The van der Waals surface area contributed by atoms with Crippen LogP contribution in [0.1, 0.15) is 16.1 Å². The predicted octanol–water partition coefficient (Wildman–Crippen LogP) is 3.58. The minimum Gasteiger partial charge on any atom is -0.497 e. The lowest BCUT2D eigenvalue weighted by molar-refractivity contribution is 0.0467. The van der Waals surface area contributed by atoms with E-state index in [2.05, 4.69) is 9.97 Å². The zero-order chi connectivity index (χ0) is 17.6. The van der Waals surface area contributed by atoms with Crippen molar-refractivity contribution in [2.75, 3.05) is 14.2 Å². The molecule has 2 aromatic heterocycles. The molecule has 3 rings (SSSR count). The molecule has 0 aliphatic heterocycles. The third-order valence-electron chi connectivity index (χ3n) is 3.37. The van der Waals surface area contributed by atoms with Crippen molar-refractivity contribution in [2.24, 2.45) is 0 Å². The highest BCUT2D eigenvalue weighted by Gasteiger charge is 2.13. The van der Waals surface area contributed by atoms with E-state index in [1.807, 2.05) is 23.6 Å². The van der Waals surface area contributed by atoms with E-state index in [1.165, 1.54) is 25.6 Å². The molecular formula is C18H16N2O4S. The zero-order valence-corrected chi connectivity index (χ0v) is 14.6. The standard InChI is InChI=1S/C18H16N2O4S/c1-22-14-7-12(8-15(9-14)23-2)18(21)24-10-13-11-25-17(20-13)16-5-3-4-6-19-16/h3-9,11H,10H2,1-2H3. The van der Waals surface area contributed by atoms with Gasteiger partial charge < -0.3 is 14.2 Å². The molecule has 0 unspecified atom stereocenters. The van der Waals surface area contributed by atoms with Gasteiger partial charge in [-0.1, -0.05) is 6.07 Å². The van der Waals surface area contributed by atoms with Crippen molar-refractivity contribution in [1.82, 2.24) is 9.97 Å². The normalized spacial score (nSPS) is 10.3. The van der Waals surface area contributed by atoms with Crippen molar-refractivity contribution in [3.05, 3.63) is 59.2 Å². The zero-order valence-electron chi connectivity index (χ0n) is 13.8. The number of rotatable bonds is 6. The average molecular weight is 356 g/mol. The number of esters is 1. The van der Waals surface area contributed by atoms with Crippen molar-refractivity contribution in [1.29, 1.82) is 0 Å². The molecule has 7 heteroatoms. The number of thiazole rings is 1. The summed E-state index contributed by atoms with van der Waals surface area (Å²) in [5.41, 5.74) is 1.83. The van der Waals surface area contributed by atoms with Gasteiger partial charge in [0.05, 0.1) is 31.2 Å². The first-order valence-corrected chi connectivity index (χ1v) is 8.33. The molecule has 0 aliphatic carbocycles. The Hall–Kier alpha value is -2.93. The van der Waals surface area contributed by atoms with Crippen LogP contribution in [-0.2, 0) is 11.3 Å². The van der Waals surface area contributed by atoms with Crippen LogP contribution in [0.2, 0.25) is 0 Å². The molecule has 0 spiro atoms. The molecule has 0 saturated heterocycles. The molecule has 0 saturated carbocycles. The van der Waals surface area contributed by atoms with Crippen LogP contribution >= 0.6 is 11.3 Å². The van der Waals surface area contributed by atoms with Gasteiger partial charge >= 0.3 is 5.97 Å². The monoisotopic (exact) mass is 356 g/mol. The maximum atomic E-state index is 12.3. The fourth-order valence-electron chi connectivity index (χ4n) is 2.13. The number of hydrogen-bond acceptors (Lipinski definition) is 7. The van der Waals surface area contributed by atoms with Crippen LogP contribution < -0.4 is 9.47 Å². The quantitative estimate of drug-likeness (QED) is 0.629. The van der Waals surface area contributed by atoms with Crippen molar-refractivity contribution in [3.63, 3.8) is 0 Å². The van der Waals surface area contributed by atoms with Gasteiger partial charge in [-0.2, -0.15) is 0 Å². The fraction of sp³-hybridized carbons (Fsp3) is 0.167. The van der Waals surface area contributed by atoms with Crippen molar-refractivity contribution in [3.8, 4) is 22.2 Å². The summed E-state index contributed by atoms with van der Waals surface area (Å²) in [6.45, 7) is 0.0850. The van der Waals surface area contributed by atoms with Gasteiger partial charge in [-0.3, -0.25) is 4.98 Å². The first-order valence-electron chi connectivity index (χ1n) is 7.45. The first-order chi connectivity index (χ1) is 12.2. The smallest absolute Gasteiger partial charge is 0.338 e. The molecule has 128 valence electrons. The molecule has 6 nitrogen and oxygen atoms in total. The van der Waals surface area contributed by atoms with E-state index in [9.17, 15) is 4.79 Å². The van der Waals surface area contributed by atoms with Crippen molar-refractivity contribution < 1.29 is 19.0 Å². The van der Waals surface area contributed by atoms with Crippen LogP contribution in [0.4, 0.5) is 0 Å². The van der Waals surface area contributed by atoms with Crippen LogP contribution in [0, 0.1) is 0 Å². The Morgan fingerprint density at radius 1 is 1.12 bits per heavy atom. The second-order valence-corrected chi connectivity index (χ2v) is 5.89. The van der Waals surface area contributed by atoms with Gasteiger partial charge in [-0.05, 0) is 24.3 Å². The van der Waals surface area contributed by atoms with Gasteiger partial charge in [0.25, 0.3) is 0 Å². The Morgan fingerprint density at radius 3 is 2.52 bits per heavy atom. The second kappa shape index (κ2) is 7.76. The molecule has 0 N–H and O–H groups in total. The van der Waals surface area contributed by atoms with E-state index in [4.69, 9.17) is 14.2 Å². The van der Waals surface area contributed by atoms with Gasteiger partial charge in [0, 0.05) is 17.6 Å². The summed E-state index contributed by atoms with van der Waals surface area (Å²) in [4.78, 5) is 21.0. The van der Waals surface area contributed by atoms with Crippen molar-refractivity contribution in [2.45, 2.75) is 6.61 Å². The SMILES string of the molecule is COc1cc(OC)cc(C(=O)OCc2csc(-c3ccccn3)n2)c1. The Bertz CT molecular complexity index is 842. The van der Waals surface area contributed by atoms with Crippen LogP contribution in [0.15, 0.2) is 48.0 Å². The van der Waals surface area contributed by atoms with Gasteiger partial charge in [-0.15, -0.1) is 11.3 Å². The number of hydrogen-bond donors (Lipinski definition) is 0. The van der Waals surface area contributed by atoms with Gasteiger partial charge in [0.15, 0.2) is 0 Å². The molecule has 3 aromatic rings. The molecule has 0 fully saturated rings. The molecule has 1 aromatic carbocycles. The Morgan fingerprint density at radius 2 is 1.88 bits per heavy atom. The van der Waals surface area contributed by atoms with Gasteiger partial charge in [0.2, 0.25) is 0 Å². The molecular weight excluding hydrogens is 340 g/mol. The Kier molecular flexibility index (Phi) is 5.25. The fourth-order valence-corrected chi connectivity index (χ4v) is 2.91. The van der Waals surface area contributed by atoms with Crippen molar-refractivity contribution >= 4 is 17.3 Å². The summed E-state index contributed by atoms with van der Waals surface area (Å²) in [7, 11) is 3.05. The van der Waals surface area contributed by atoms with E-state index >= 15 is 0 Å². The number of pyridine rings is 1. The van der Waals surface area contributed by atoms with E-state index < -0.39 is 5.97 Å². The molecule has 0 bridgehead atoms. The van der Waals surface area contributed by atoms with Gasteiger partial charge in [0.1, 0.15) is 23.1 Å². The lowest BCUT2D eigenvalue weighted by atomic mass is 10.2. The Labute approximate surface area is 149 Å². The highest BCUT2D eigenvalue weighted by molar-refractivity contribution is 7.13. The van der Waals surface area contributed by atoms with E-state index in [1.54, 1.807) is 24.4 Å². The first kappa shape index (κ1) is 16.9. The Balaban J connectivity index is 1.68. The number of aromatic nitrogens is 2. The highest BCUT2D eigenvalue weighted by atomic mass is 32.1. The largest absolute Gasteiger partial charge is 0.497 e. The lowest BCUT2D eigenvalue weighted by Gasteiger charge is -2.08. The third kappa shape index (κ3) is 4.13. The van der Waals surface area contributed by atoms with Crippen LogP contribution in [0.3, 0.4) is 0 Å². The molecule has 25 heavy (non-hydrogen) atoms. The molecule has 0 aliphatic rings. The molecule has 0 atom stereocenters. The van der Waals surface area contributed by atoms with E-state index in [-0.39, 0.29) is 6.61 Å². The number of ether oxygens (including phenoxy) is 3. The second-order valence-electron chi connectivity index (χ2n) is 5.04. The summed E-state index contributed by atoms with van der Waals surface area (Å²) in [5.74, 6) is 0.583. The lowest BCUT2D eigenvalue weighted by Crippen LogP contribution is -2.06. The van der Waals surface area contributed by atoms with E-state index in [0.29, 0.717) is 22.8 Å². The van der Waals surface area contributed by atoms with Crippen LogP contribution in [0.5, 0.6) is 11.5 Å². The summed E-state index contributed by atoms with van der Waals surface area (Å²) in [5, 5.41) is 2.64. The average Bonchev–Trinajstić information content (AvgIpc) is 3.15. The van der Waals surface area contributed by atoms with Crippen LogP contribution in [-0.4, -0.2) is 30.2 Å². The number of benzene rings is 1. The summed E-state index contributed by atoms with van der Waals surface area (Å²) < 4.78 is 15.7. The molecule has 0 amide bonds. The summed E-state index contributed by atoms with van der Waals surface area (Å²) >= 11 is 1.46. The maximum absolute atomic E-state index is 12.3.